The molecule has 0 aliphatic heterocycles. The summed E-state index contributed by atoms with van der Waals surface area (Å²) in [6, 6.07) is 6.37. The maximum Gasteiger partial charge on any atom is 0.307 e. The number of nitrogens with one attached hydrogen (secondary N) is 2. The highest BCUT2D eigenvalue weighted by molar-refractivity contribution is 5.92. The number of aromatic nitrogens is 1. The van der Waals surface area contributed by atoms with E-state index in [9.17, 15) is 9.59 Å². The number of rotatable bonds is 7. The Morgan fingerprint density at radius 1 is 1.16 bits per heavy atom. The smallest absolute Gasteiger partial charge is 0.307 e. The zero-order chi connectivity index (χ0) is 18.6. The Kier molecular flexibility index (Phi) is 6.14. The first-order valence-corrected chi connectivity index (χ1v) is 8.49. The quantitative estimate of drug-likeness (QED) is 0.706. The summed E-state index contributed by atoms with van der Waals surface area (Å²) in [5.41, 5.74) is 7.06. The van der Waals surface area contributed by atoms with E-state index in [4.69, 9.17) is 10.2 Å². The molecule has 2 atom stereocenters. The van der Waals surface area contributed by atoms with Crippen LogP contribution in [0.25, 0.3) is 11.1 Å². The molecular weight excluding hydrogens is 320 g/mol. The third-order valence-corrected chi connectivity index (χ3v) is 4.12. The summed E-state index contributed by atoms with van der Waals surface area (Å²) in [7, 11) is 0. The van der Waals surface area contributed by atoms with Gasteiger partial charge in [0.25, 0.3) is 5.89 Å². The van der Waals surface area contributed by atoms with E-state index >= 15 is 0 Å². The van der Waals surface area contributed by atoms with Crippen molar-refractivity contribution in [1.82, 2.24) is 15.6 Å². The molecule has 2 rings (SSSR count). The number of hydrogen-bond donors (Lipinski definition) is 3. The van der Waals surface area contributed by atoms with Crippen molar-refractivity contribution in [1.29, 1.82) is 0 Å². The van der Waals surface area contributed by atoms with Gasteiger partial charge in [0.05, 0.1) is 6.04 Å². The lowest BCUT2D eigenvalue weighted by Gasteiger charge is -2.25. The van der Waals surface area contributed by atoms with Crippen molar-refractivity contribution in [2.45, 2.75) is 39.8 Å². The molecule has 25 heavy (non-hydrogen) atoms. The van der Waals surface area contributed by atoms with E-state index in [1.807, 2.05) is 39.8 Å². The fraction of sp³-hybridized carbons (Fsp3) is 0.500. The van der Waals surface area contributed by atoms with Gasteiger partial charge in [-0.1, -0.05) is 39.8 Å². The summed E-state index contributed by atoms with van der Waals surface area (Å²) in [5.74, 6) is -0.447. The first kappa shape index (κ1) is 18.9. The monoisotopic (exact) mass is 346 g/mol. The summed E-state index contributed by atoms with van der Waals surface area (Å²) in [6.45, 7) is 7.99. The number of hydrogen-bond acceptors (Lipinski definition) is 5. The molecule has 1 aromatic heterocycles. The maximum absolute atomic E-state index is 12.3. The van der Waals surface area contributed by atoms with Crippen molar-refractivity contribution in [3.05, 3.63) is 30.2 Å². The Morgan fingerprint density at radius 3 is 2.44 bits per heavy atom. The second-order valence-corrected chi connectivity index (χ2v) is 6.83. The molecule has 0 aliphatic carbocycles. The normalized spacial score (nSPS) is 13.9. The summed E-state index contributed by atoms with van der Waals surface area (Å²) in [5, 5.41) is 5.67. The van der Waals surface area contributed by atoms with E-state index in [1.54, 1.807) is 12.1 Å². The van der Waals surface area contributed by atoms with Gasteiger partial charge in [-0.05, 0) is 24.0 Å². The predicted octanol–water partition coefficient (Wildman–Crippen LogP) is 1.68. The van der Waals surface area contributed by atoms with Crippen LogP contribution >= 0.6 is 0 Å². The van der Waals surface area contributed by atoms with Crippen molar-refractivity contribution in [2.75, 3.05) is 6.54 Å². The van der Waals surface area contributed by atoms with E-state index in [0.717, 1.165) is 0 Å². The molecule has 2 amide bonds. The molecule has 0 spiro atoms. The van der Waals surface area contributed by atoms with Gasteiger partial charge in [0.15, 0.2) is 5.58 Å². The molecule has 1 aromatic carbocycles. The van der Waals surface area contributed by atoms with Crippen LogP contribution in [0.3, 0.4) is 0 Å². The molecule has 7 heteroatoms. The topological polar surface area (TPSA) is 110 Å². The second kappa shape index (κ2) is 8.11. The minimum absolute atomic E-state index is 0.00825. The van der Waals surface area contributed by atoms with Crippen LogP contribution in [-0.2, 0) is 4.79 Å². The predicted molar refractivity (Wildman–Crippen MR) is 95.9 cm³/mol. The number of fused-ring (bicyclic) bond motifs is 1. The first-order chi connectivity index (χ1) is 11.8. The molecule has 4 N–H and O–H groups in total. The van der Waals surface area contributed by atoms with Crippen LogP contribution in [0.2, 0.25) is 0 Å². The zero-order valence-electron chi connectivity index (χ0n) is 15.1. The Labute approximate surface area is 147 Å². The van der Waals surface area contributed by atoms with Gasteiger partial charge in [-0.25, -0.2) is 4.98 Å². The molecule has 0 aliphatic rings. The second-order valence-electron chi connectivity index (χ2n) is 6.83. The molecule has 0 saturated heterocycles. The molecule has 7 nitrogen and oxygen atoms in total. The number of benzene rings is 1. The molecule has 1 heterocycles. The minimum Gasteiger partial charge on any atom is -0.432 e. The maximum atomic E-state index is 12.3. The van der Waals surface area contributed by atoms with Crippen LogP contribution in [0.15, 0.2) is 28.7 Å². The van der Waals surface area contributed by atoms with Gasteiger partial charge in [-0.3, -0.25) is 9.59 Å². The molecule has 0 fully saturated rings. The van der Waals surface area contributed by atoms with Gasteiger partial charge in [0.2, 0.25) is 5.91 Å². The number of carbonyl (C=O) groups is 2. The summed E-state index contributed by atoms with van der Waals surface area (Å²) in [4.78, 5) is 28.6. The number of nitrogens with zero attached hydrogens (tertiary/aromatic N) is 1. The number of para-hydroxylation sites is 2. The van der Waals surface area contributed by atoms with E-state index < -0.39 is 11.9 Å². The van der Waals surface area contributed by atoms with Gasteiger partial charge in [-0.15, -0.1) is 0 Å². The van der Waals surface area contributed by atoms with Crippen molar-refractivity contribution in [2.24, 2.45) is 17.6 Å². The Morgan fingerprint density at radius 2 is 1.84 bits per heavy atom. The number of nitrogens with two attached hydrogens (primary N) is 1. The minimum atomic E-state index is -0.575. The highest BCUT2D eigenvalue weighted by atomic mass is 16.4. The van der Waals surface area contributed by atoms with E-state index in [1.165, 1.54) is 0 Å². The average Bonchev–Trinajstić information content (AvgIpc) is 3.01. The van der Waals surface area contributed by atoms with Crippen LogP contribution < -0.4 is 16.4 Å². The Balaban J connectivity index is 1.98. The van der Waals surface area contributed by atoms with Crippen LogP contribution in [0, 0.1) is 11.8 Å². The van der Waals surface area contributed by atoms with E-state index in [-0.39, 0.29) is 36.2 Å². The lowest BCUT2D eigenvalue weighted by Crippen LogP contribution is -2.52. The number of amides is 2. The van der Waals surface area contributed by atoms with Crippen LogP contribution in [0.1, 0.15) is 38.4 Å². The molecule has 0 radical (unpaired) electrons. The van der Waals surface area contributed by atoms with Gasteiger partial charge in [0.1, 0.15) is 5.52 Å². The lowest BCUT2D eigenvalue weighted by atomic mass is 10.0. The van der Waals surface area contributed by atoms with Gasteiger partial charge >= 0.3 is 5.91 Å². The fourth-order valence-corrected chi connectivity index (χ4v) is 2.28. The summed E-state index contributed by atoms with van der Waals surface area (Å²) in [6.07, 6.45) is 0. The van der Waals surface area contributed by atoms with E-state index in [0.29, 0.717) is 11.1 Å². The molecule has 0 bridgehead atoms. The van der Waals surface area contributed by atoms with Crippen molar-refractivity contribution < 1.29 is 14.0 Å². The van der Waals surface area contributed by atoms with Crippen molar-refractivity contribution in [3.8, 4) is 0 Å². The summed E-state index contributed by atoms with van der Waals surface area (Å²) >= 11 is 0. The average molecular weight is 346 g/mol. The highest BCUT2D eigenvalue weighted by Gasteiger charge is 2.23. The zero-order valence-corrected chi connectivity index (χ0v) is 15.1. The molecular formula is C18H26N4O3. The van der Waals surface area contributed by atoms with Crippen LogP contribution in [0.4, 0.5) is 0 Å². The Hall–Kier alpha value is -2.41. The van der Waals surface area contributed by atoms with Crippen LogP contribution in [-0.4, -0.2) is 35.4 Å². The van der Waals surface area contributed by atoms with Crippen LogP contribution in [0.5, 0.6) is 0 Å². The number of oxazole rings is 1. The third kappa shape index (κ3) is 4.79. The van der Waals surface area contributed by atoms with E-state index in [2.05, 4.69) is 15.6 Å². The fourth-order valence-electron chi connectivity index (χ4n) is 2.28. The molecule has 2 unspecified atom stereocenters. The van der Waals surface area contributed by atoms with Gasteiger partial charge in [0, 0.05) is 12.6 Å². The first-order valence-electron chi connectivity index (χ1n) is 8.49. The number of carbonyl (C=O) groups excluding carboxylic acids is 2. The van der Waals surface area contributed by atoms with Gasteiger partial charge in [-0.2, -0.15) is 0 Å². The highest BCUT2D eigenvalue weighted by Crippen LogP contribution is 2.14. The molecule has 0 saturated carbocycles. The Bertz CT molecular complexity index is 706. The molecule has 2 aromatic rings. The van der Waals surface area contributed by atoms with Crippen molar-refractivity contribution in [3.63, 3.8) is 0 Å². The summed E-state index contributed by atoms with van der Waals surface area (Å²) < 4.78 is 5.44. The largest absolute Gasteiger partial charge is 0.432 e. The van der Waals surface area contributed by atoms with Gasteiger partial charge < -0.3 is 20.8 Å². The standard InChI is InChI=1S/C18H26N4O3/c1-10(2)13(21-16(23)15(19)11(3)4)9-20-17(24)18-22-12-7-5-6-8-14(12)25-18/h5-8,10-11,13,15H,9,19H2,1-4H3,(H,20,24)(H,21,23). The third-order valence-electron chi connectivity index (χ3n) is 4.12. The SMILES string of the molecule is CC(C)C(CNC(=O)c1nc2ccccc2o1)NC(=O)C(N)C(C)C. The van der Waals surface area contributed by atoms with Crippen molar-refractivity contribution >= 4 is 22.9 Å². The lowest BCUT2D eigenvalue weighted by molar-refractivity contribution is -0.124. The molecule has 136 valence electrons.